The number of rotatable bonds is 4. The van der Waals surface area contributed by atoms with Crippen LogP contribution in [0.4, 0.5) is 4.79 Å². The number of carbonyl (C=O) groups is 2. The Kier molecular flexibility index (Phi) is 6.31. The summed E-state index contributed by atoms with van der Waals surface area (Å²) >= 11 is 0. The van der Waals surface area contributed by atoms with Gasteiger partial charge in [-0.05, 0) is 40.7 Å². The van der Waals surface area contributed by atoms with Gasteiger partial charge in [-0.2, -0.15) is 0 Å². The largest absolute Gasteiger partial charge is 0.508 e. The first-order chi connectivity index (χ1) is 7.74. The molecule has 0 saturated heterocycles. The van der Waals surface area contributed by atoms with Gasteiger partial charge in [-0.25, -0.2) is 9.59 Å². The van der Waals surface area contributed by atoms with Crippen LogP contribution in [0.5, 0.6) is 0 Å². The van der Waals surface area contributed by atoms with Crippen LogP contribution in [0.2, 0.25) is 0 Å². The highest BCUT2D eigenvalue weighted by Crippen LogP contribution is 2.07. The molecule has 1 atom stereocenters. The van der Waals surface area contributed by atoms with Crippen molar-refractivity contribution < 1.29 is 23.8 Å². The molecule has 0 saturated carbocycles. The van der Waals surface area contributed by atoms with Crippen LogP contribution in [-0.4, -0.2) is 30.4 Å². The minimum Gasteiger partial charge on any atom is -0.457 e. The molecule has 17 heavy (non-hydrogen) atoms. The van der Waals surface area contributed by atoms with E-state index >= 15 is 0 Å². The Hall–Kier alpha value is -1.52. The molecule has 0 bridgehead atoms. The SMILES string of the molecule is CCOC(=O)OC(C)/C=C\C(=O)OC(C)(C)C. The van der Waals surface area contributed by atoms with E-state index in [4.69, 9.17) is 9.47 Å². The molecule has 5 heteroatoms. The zero-order valence-electron chi connectivity index (χ0n) is 11.0. The Morgan fingerprint density at radius 1 is 1.29 bits per heavy atom. The van der Waals surface area contributed by atoms with Gasteiger partial charge in [0.25, 0.3) is 0 Å². The van der Waals surface area contributed by atoms with Crippen molar-refractivity contribution in [1.29, 1.82) is 0 Å². The Morgan fingerprint density at radius 3 is 2.35 bits per heavy atom. The van der Waals surface area contributed by atoms with Gasteiger partial charge in [0.1, 0.15) is 11.7 Å². The molecule has 0 fully saturated rings. The molecule has 0 radical (unpaired) electrons. The van der Waals surface area contributed by atoms with Gasteiger partial charge < -0.3 is 14.2 Å². The summed E-state index contributed by atoms with van der Waals surface area (Å²) in [4.78, 5) is 22.2. The van der Waals surface area contributed by atoms with Crippen molar-refractivity contribution in [3.05, 3.63) is 12.2 Å². The van der Waals surface area contributed by atoms with Crippen LogP contribution in [0.15, 0.2) is 12.2 Å². The Morgan fingerprint density at radius 2 is 1.88 bits per heavy atom. The maximum Gasteiger partial charge on any atom is 0.508 e. The Balaban J connectivity index is 4.07. The van der Waals surface area contributed by atoms with Crippen LogP contribution in [0.3, 0.4) is 0 Å². The third kappa shape index (κ3) is 9.41. The van der Waals surface area contributed by atoms with Gasteiger partial charge in [0.15, 0.2) is 0 Å². The predicted octanol–water partition coefficient (Wildman–Crippen LogP) is 2.45. The summed E-state index contributed by atoms with van der Waals surface area (Å²) in [5, 5.41) is 0. The lowest BCUT2D eigenvalue weighted by atomic mass is 10.2. The Labute approximate surface area is 102 Å². The molecule has 0 aromatic carbocycles. The second-order valence-electron chi connectivity index (χ2n) is 4.40. The minimum atomic E-state index is -0.756. The van der Waals surface area contributed by atoms with E-state index in [1.807, 2.05) is 0 Å². The van der Waals surface area contributed by atoms with Crippen molar-refractivity contribution >= 4 is 12.1 Å². The summed E-state index contributed by atoms with van der Waals surface area (Å²) < 4.78 is 14.4. The van der Waals surface area contributed by atoms with E-state index in [1.165, 1.54) is 12.2 Å². The minimum absolute atomic E-state index is 0.251. The summed E-state index contributed by atoms with van der Waals surface area (Å²) in [7, 11) is 0. The zero-order valence-corrected chi connectivity index (χ0v) is 11.0. The first kappa shape index (κ1) is 15.5. The third-order valence-electron chi connectivity index (χ3n) is 1.45. The first-order valence-corrected chi connectivity index (χ1v) is 5.49. The molecule has 1 unspecified atom stereocenters. The molecule has 0 aromatic rings. The number of carbonyl (C=O) groups excluding carboxylic acids is 2. The smallest absolute Gasteiger partial charge is 0.457 e. The van der Waals surface area contributed by atoms with Crippen molar-refractivity contribution in [3.63, 3.8) is 0 Å². The lowest BCUT2D eigenvalue weighted by molar-refractivity contribution is -0.148. The van der Waals surface area contributed by atoms with Gasteiger partial charge in [-0.3, -0.25) is 0 Å². The number of ether oxygens (including phenoxy) is 3. The fourth-order valence-electron chi connectivity index (χ4n) is 0.893. The predicted molar refractivity (Wildman–Crippen MR) is 62.6 cm³/mol. The fraction of sp³-hybridized carbons (Fsp3) is 0.667. The summed E-state index contributed by atoms with van der Waals surface area (Å²) in [6.07, 6.45) is 1.37. The molecular formula is C12H20O5. The first-order valence-electron chi connectivity index (χ1n) is 5.49. The molecule has 0 N–H and O–H groups in total. The number of esters is 1. The molecule has 0 aromatic heterocycles. The molecule has 0 rings (SSSR count). The molecule has 0 spiro atoms. The van der Waals surface area contributed by atoms with Crippen LogP contribution in [0.1, 0.15) is 34.6 Å². The van der Waals surface area contributed by atoms with E-state index in [1.54, 1.807) is 34.6 Å². The summed E-state index contributed by atoms with van der Waals surface area (Å²) in [6, 6.07) is 0. The van der Waals surface area contributed by atoms with E-state index < -0.39 is 23.8 Å². The van der Waals surface area contributed by atoms with E-state index in [0.717, 1.165) is 0 Å². The van der Waals surface area contributed by atoms with E-state index in [2.05, 4.69) is 4.74 Å². The average Bonchev–Trinajstić information content (AvgIpc) is 2.12. The summed E-state index contributed by atoms with van der Waals surface area (Å²) in [5.41, 5.74) is -0.535. The average molecular weight is 244 g/mol. The fourth-order valence-corrected chi connectivity index (χ4v) is 0.893. The van der Waals surface area contributed by atoms with Gasteiger partial charge in [0, 0.05) is 6.08 Å². The second-order valence-corrected chi connectivity index (χ2v) is 4.40. The van der Waals surface area contributed by atoms with Gasteiger partial charge in [0.05, 0.1) is 6.61 Å². The maximum absolute atomic E-state index is 11.3. The van der Waals surface area contributed by atoms with Crippen LogP contribution in [0.25, 0.3) is 0 Å². The monoisotopic (exact) mass is 244 g/mol. The second kappa shape index (κ2) is 6.93. The highest BCUT2D eigenvalue weighted by atomic mass is 16.7. The summed E-state index contributed by atoms with van der Waals surface area (Å²) in [5.74, 6) is -0.475. The highest BCUT2D eigenvalue weighted by molar-refractivity contribution is 5.82. The topological polar surface area (TPSA) is 61.8 Å². The molecule has 0 amide bonds. The maximum atomic E-state index is 11.3. The molecule has 5 nitrogen and oxygen atoms in total. The quantitative estimate of drug-likeness (QED) is 0.561. The molecule has 98 valence electrons. The molecular weight excluding hydrogens is 224 g/mol. The van der Waals surface area contributed by atoms with Crippen LogP contribution < -0.4 is 0 Å². The van der Waals surface area contributed by atoms with Crippen molar-refractivity contribution in [2.24, 2.45) is 0 Å². The third-order valence-corrected chi connectivity index (χ3v) is 1.45. The lowest BCUT2D eigenvalue weighted by Gasteiger charge is -2.18. The molecule has 0 heterocycles. The van der Waals surface area contributed by atoms with E-state index in [9.17, 15) is 9.59 Å². The van der Waals surface area contributed by atoms with Crippen LogP contribution >= 0.6 is 0 Å². The van der Waals surface area contributed by atoms with Crippen LogP contribution in [0, 0.1) is 0 Å². The van der Waals surface area contributed by atoms with Crippen molar-refractivity contribution in [3.8, 4) is 0 Å². The molecule has 0 aliphatic carbocycles. The van der Waals surface area contributed by atoms with E-state index in [0.29, 0.717) is 0 Å². The normalized spacial score (nSPS) is 13.2. The highest BCUT2D eigenvalue weighted by Gasteiger charge is 2.14. The van der Waals surface area contributed by atoms with Crippen molar-refractivity contribution in [2.75, 3.05) is 6.61 Å². The lowest BCUT2D eigenvalue weighted by Crippen LogP contribution is -2.23. The van der Waals surface area contributed by atoms with E-state index in [-0.39, 0.29) is 6.61 Å². The van der Waals surface area contributed by atoms with Crippen molar-refractivity contribution in [1.82, 2.24) is 0 Å². The van der Waals surface area contributed by atoms with Gasteiger partial charge in [0.2, 0.25) is 0 Å². The van der Waals surface area contributed by atoms with Crippen molar-refractivity contribution in [2.45, 2.75) is 46.3 Å². The molecule has 0 aliphatic heterocycles. The molecule has 0 aliphatic rings. The zero-order chi connectivity index (χ0) is 13.5. The number of hydrogen-bond acceptors (Lipinski definition) is 5. The summed E-state index contributed by atoms with van der Waals surface area (Å²) in [6.45, 7) is 8.88. The van der Waals surface area contributed by atoms with Gasteiger partial charge in [-0.1, -0.05) is 0 Å². The van der Waals surface area contributed by atoms with Gasteiger partial charge >= 0.3 is 12.1 Å². The van der Waals surface area contributed by atoms with Gasteiger partial charge in [-0.15, -0.1) is 0 Å². The Bertz CT molecular complexity index is 288. The van der Waals surface area contributed by atoms with Crippen LogP contribution in [-0.2, 0) is 19.0 Å². The standard InChI is InChI=1S/C12H20O5/c1-6-15-11(14)16-9(2)7-8-10(13)17-12(3,4)5/h7-9H,6H2,1-5H3/b8-7-. The number of hydrogen-bond donors (Lipinski definition) is 0.